The second-order valence-corrected chi connectivity index (χ2v) is 15.6. The Morgan fingerprint density at radius 2 is 0.831 bits per heavy atom. The van der Waals surface area contributed by atoms with E-state index in [1.807, 2.05) is 72.8 Å². The molecule has 0 N–H and O–H groups in total. The van der Waals surface area contributed by atoms with Crippen molar-refractivity contribution in [3.05, 3.63) is 223 Å². The molecule has 65 heavy (non-hydrogen) atoms. The first kappa shape index (κ1) is 47.8. The number of carbonyl (C=O) groups is 2. The summed E-state index contributed by atoms with van der Waals surface area (Å²) in [5.74, 6) is -0.838. The molecular weight excluding hydrogens is 943 g/mol. The number of aromatic nitrogens is 4. The van der Waals surface area contributed by atoms with Crippen LogP contribution < -0.4 is 10.2 Å². The minimum Gasteiger partial charge on any atom is -0.872 e. The third-order valence-corrected chi connectivity index (χ3v) is 10.7. The molecule has 1 radical (unpaired) electrons. The molecule has 323 valence electrons. The summed E-state index contributed by atoms with van der Waals surface area (Å²) in [5, 5.41) is 34.3. The van der Waals surface area contributed by atoms with E-state index < -0.39 is 0 Å². The van der Waals surface area contributed by atoms with E-state index in [1.165, 1.54) is 33.6 Å². The fourth-order valence-electron chi connectivity index (χ4n) is 6.49. The first-order chi connectivity index (χ1) is 30.9. The van der Waals surface area contributed by atoms with Gasteiger partial charge in [0.05, 0.1) is 33.9 Å². The Morgan fingerprint density at radius 3 is 1.17 bits per heavy atom. The molecule has 10 nitrogen and oxygen atoms in total. The van der Waals surface area contributed by atoms with Gasteiger partial charge in [-0.05, 0) is 73.7 Å². The van der Waals surface area contributed by atoms with Gasteiger partial charge in [0.25, 0.3) is 0 Å². The van der Waals surface area contributed by atoms with Gasteiger partial charge in [0.15, 0.2) is 11.6 Å². The molecule has 0 fully saturated rings. The van der Waals surface area contributed by atoms with E-state index >= 15 is 0 Å². The van der Waals surface area contributed by atoms with Crippen LogP contribution in [0.25, 0.3) is 22.5 Å². The molecule has 0 bridgehead atoms. The fraction of sp³-hybridized carbons (Fsp3) is 0.0400. The third kappa shape index (κ3) is 11.5. The number of rotatable bonds is 10. The minimum atomic E-state index is -0.211. The van der Waals surface area contributed by atoms with Crippen LogP contribution in [0.5, 0.6) is 11.5 Å². The average Bonchev–Trinajstić information content (AvgIpc) is 3.32. The van der Waals surface area contributed by atoms with Crippen molar-refractivity contribution in [3.63, 3.8) is 0 Å². The average molecular weight is 977 g/mol. The first-order valence-corrected chi connectivity index (χ1v) is 21.1. The summed E-state index contributed by atoms with van der Waals surface area (Å²) in [6, 6.07) is 45.5. The smallest absolute Gasteiger partial charge is 0.872 e. The van der Waals surface area contributed by atoms with Gasteiger partial charge in [-0.1, -0.05) is 168 Å². The van der Waals surface area contributed by atoms with Crippen LogP contribution in [0, 0.1) is 9.54 Å². The van der Waals surface area contributed by atoms with Crippen molar-refractivity contribution in [3.8, 4) is 34.0 Å². The number of hydrogen-bond donors (Lipinski definition) is 0. The van der Waals surface area contributed by atoms with Gasteiger partial charge < -0.3 is 10.2 Å². The zero-order valence-corrected chi connectivity index (χ0v) is 38.6. The molecule has 2 aromatic heterocycles. The maximum atomic E-state index is 13.4. The first-order valence-electron chi connectivity index (χ1n) is 19.5. The molecule has 8 rings (SSSR count). The van der Waals surface area contributed by atoms with Crippen molar-refractivity contribution in [2.75, 3.05) is 0 Å². The summed E-state index contributed by atoms with van der Waals surface area (Å²) < 4.78 is 2.99. The summed E-state index contributed by atoms with van der Waals surface area (Å²) in [4.78, 5) is 35.8. The van der Waals surface area contributed by atoms with Gasteiger partial charge in [-0.2, -0.15) is 10.2 Å². The van der Waals surface area contributed by atoms with Crippen LogP contribution in [0.1, 0.15) is 56.8 Å². The molecule has 2 heterocycles. The van der Waals surface area contributed by atoms with Gasteiger partial charge in [-0.15, -0.1) is 0 Å². The molecule has 0 saturated heterocycles. The molecule has 15 heteroatoms. The van der Waals surface area contributed by atoms with Crippen LogP contribution in [0.15, 0.2) is 180 Å². The van der Waals surface area contributed by atoms with Gasteiger partial charge >= 0.3 is 16.8 Å². The Morgan fingerprint density at radius 1 is 0.508 bits per heavy atom. The van der Waals surface area contributed by atoms with Crippen molar-refractivity contribution < 1.29 is 36.6 Å². The van der Waals surface area contributed by atoms with Crippen LogP contribution >= 0.6 is 47.6 Å². The maximum Gasteiger partial charge on any atom is 2.00 e. The van der Waals surface area contributed by atoms with Gasteiger partial charge in [0, 0.05) is 44.7 Å². The van der Waals surface area contributed by atoms with Crippen molar-refractivity contribution in [2.45, 2.75) is 13.8 Å². The van der Waals surface area contributed by atoms with Crippen LogP contribution in [0.3, 0.4) is 0 Å². The molecule has 0 saturated carbocycles. The van der Waals surface area contributed by atoms with Gasteiger partial charge in [-0.3, -0.25) is 9.59 Å². The largest absolute Gasteiger partial charge is 2.00 e. The van der Waals surface area contributed by atoms with Gasteiger partial charge in [0.1, 0.15) is 0 Å². The second kappa shape index (κ2) is 21.8. The monoisotopic (exact) mass is 975 g/mol. The Bertz CT molecular complexity index is 2990. The summed E-state index contributed by atoms with van der Waals surface area (Å²) in [6.07, 6.45) is 3.12. The Hall–Kier alpha value is -6.71. The molecule has 0 aliphatic heterocycles. The number of halogens is 2. The molecule has 6 aromatic carbocycles. The normalized spacial score (nSPS) is 11.2. The zero-order valence-electron chi connectivity index (χ0n) is 34.4. The van der Waals surface area contributed by atoms with E-state index in [1.54, 1.807) is 86.9 Å². The molecule has 0 amide bonds. The quantitative estimate of drug-likeness (QED) is 0.0749. The van der Waals surface area contributed by atoms with Crippen molar-refractivity contribution >= 4 is 70.6 Å². The predicted molar refractivity (Wildman–Crippen MR) is 254 cm³/mol. The molecule has 0 aliphatic rings. The molecule has 0 spiro atoms. The number of hydrogen-bond acceptors (Lipinski definition) is 10. The minimum absolute atomic E-state index is 0. The standard InChI is InChI=1S/2C25H18ClN3O2S.Co/c2*1-16(20-14-19(26)12-13-22(20)30)28-29-15-21(24(31)18-10-6-3-7-11-18)23(27-25(29)32)17-8-4-2-5-9-17;/h2*2-15,30H,1H3;/q;;+2/p-2/b2*28-16+;. The zero-order chi connectivity index (χ0) is 45.3. The predicted octanol–water partition coefficient (Wildman–Crippen LogP) is 11.0. The van der Waals surface area contributed by atoms with Gasteiger partial charge in [0.2, 0.25) is 9.54 Å². The summed E-state index contributed by atoms with van der Waals surface area (Å²) in [6.45, 7) is 3.36. The molecule has 0 atom stereocenters. The maximum absolute atomic E-state index is 13.4. The number of ketones is 2. The van der Waals surface area contributed by atoms with E-state index in [9.17, 15) is 19.8 Å². The topological polar surface area (TPSA) is 141 Å². The van der Waals surface area contributed by atoms with E-state index in [0.29, 0.717) is 66.2 Å². The Kier molecular flexibility index (Phi) is 16.0. The van der Waals surface area contributed by atoms with Gasteiger partial charge in [-0.25, -0.2) is 19.3 Å². The second-order valence-electron chi connectivity index (χ2n) is 14.0. The molecule has 0 aliphatic carbocycles. The number of nitrogens with zero attached hydrogens (tertiary/aromatic N) is 6. The SMILES string of the molecule is C/C(=N\n1cc(C(=O)c2ccccc2)c(-c2ccccc2)nc1=S)c1cc(Cl)ccc1[O-].C/C(=N\n1cc(C(=O)c2ccccc2)c(-c2ccccc2)nc1=S)c1cc(Cl)ccc1[O-].[Co+2]. The molecule has 8 aromatic rings. The Balaban J connectivity index is 0.000000212. The third-order valence-electron chi connectivity index (χ3n) is 9.65. The van der Waals surface area contributed by atoms with Crippen molar-refractivity contribution in [2.24, 2.45) is 10.2 Å². The summed E-state index contributed by atoms with van der Waals surface area (Å²) >= 11 is 23.0. The van der Waals surface area contributed by atoms with E-state index in [2.05, 4.69) is 20.2 Å². The van der Waals surface area contributed by atoms with Crippen LogP contribution in [-0.4, -0.2) is 42.3 Å². The summed E-state index contributed by atoms with van der Waals surface area (Å²) in [5.41, 5.74) is 5.72. The molecular formula is C50H34Cl2CoN6O4S2. The van der Waals surface area contributed by atoms with Crippen LogP contribution in [0.2, 0.25) is 10.0 Å². The van der Waals surface area contributed by atoms with E-state index in [0.717, 1.165) is 11.1 Å². The van der Waals surface area contributed by atoms with E-state index in [4.69, 9.17) is 47.6 Å². The van der Waals surface area contributed by atoms with Crippen LogP contribution in [0.4, 0.5) is 0 Å². The number of carbonyl (C=O) groups excluding carboxylic acids is 2. The Labute approximate surface area is 405 Å². The van der Waals surface area contributed by atoms with Crippen molar-refractivity contribution in [1.82, 2.24) is 19.3 Å². The van der Waals surface area contributed by atoms with E-state index in [-0.39, 0.29) is 49.4 Å². The summed E-state index contributed by atoms with van der Waals surface area (Å²) in [7, 11) is 0. The van der Waals surface area contributed by atoms with Crippen molar-refractivity contribution in [1.29, 1.82) is 0 Å². The molecule has 0 unspecified atom stereocenters. The number of benzene rings is 6. The fourth-order valence-corrected chi connectivity index (χ4v) is 7.20. The van der Waals surface area contributed by atoms with Crippen LogP contribution in [-0.2, 0) is 16.8 Å².